The fraction of sp³-hybridized carbons (Fsp3) is 0.372. The highest BCUT2D eigenvalue weighted by molar-refractivity contribution is 6.74. The normalized spacial score (nSPS) is 22.2. The number of nitrogens with zero attached hydrogens (tertiary/aromatic N) is 1. The van der Waals surface area contributed by atoms with Crippen LogP contribution in [-0.2, 0) is 35.0 Å². The Hall–Kier alpha value is -4.98. The largest absolute Gasteiger partial charge is 0.507 e. The van der Waals surface area contributed by atoms with Crippen molar-refractivity contribution in [2.24, 2.45) is 11.8 Å². The van der Waals surface area contributed by atoms with Crippen molar-refractivity contribution in [1.82, 2.24) is 10.5 Å². The molecule has 3 aliphatic carbocycles. The standard InChI is InChI=1S/C43H45F3N2O7Si/c1-7-20-47-35-30-22-27-21-28-29(43(44,45)46)18-19-31(52-23-25-14-10-8-11-15-25)33(28)36(49)32(27)38(50)42(30,55-56(5,6)41(2,3)4)39(51)34-37(35)54-48-40(34)53-24-26-16-12-9-13-17-26/h7-19,27,30,35,47,49H,1,20-24H2,2-6H3/t27-,30-,35-,42?/m0/s1. The molecule has 0 amide bonds. The predicted octanol–water partition coefficient (Wildman–Crippen LogP) is 9.36. The maximum absolute atomic E-state index is 15.6. The first-order chi connectivity index (χ1) is 26.5. The molecule has 7 rings (SSSR count). The zero-order chi connectivity index (χ0) is 40.2. The summed E-state index contributed by atoms with van der Waals surface area (Å²) in [5.41, 5.74) is -2.25. The van der Waals surface area contributed by atoms with E-state index in [0.29, 0.717) is 0 Å². The minimum absolute atomic E-state index is 0.00368. The number of aliphatic hydroxyl groups is 1. The topological polar surface area (TPSA) is 120 Å². The van der Waals surface area contributed by atoms with Crippen LogP contribution in [0.5, 0.6) is 11.6 Å². The van der Waals surface area contributed by atoms with Crippen LogP contribution in [-0.4, -0.2) is 42.3 Å². The number of carbonyl (C=O) groups excluding carboxylic acids is 2. The number of ketones is 2. The Morgan fingerprint density at radius 1 is 0.946 bits per heavy atom. The van der Waals surface area contributed by atoms with E-state index in [4.69, 9.17) is 18.4 Å². The summed E-state index contributed by atoms with van der Waals surface area (Å²) in [5, 5.41) is 19.3. The molecule has 294 valence electrons. The number of hydrogen-bond acceptors (Lipinski definition) is 9. The molecule has 4 atom stereocenters. The second-order valence-electron chi connectivity index (χ2n) is 16.2. The first kappa shape index (κ1) is 39.3. The highest BCUT2D eigenvalue weighted by Gasteiger charge is 2.68. The van der Waals surface area contributed by atoms with Crippen LogP contribution < -0.4 is 14.8 Å². The molecular weight excluding hydrogens is 742 g/mol. The number of ether oxygens (including phenoxy) is 2. The average Bonchev–Trinajstić information content (AvgIpc) is 3.57. The van der Waals surface area contributed by atoms with Crippen LogP contribution in [0.2, 0.25) is 18.1 Å². The Morgan fingerprint density at radius 3 is 2.16 bits per heavy atom. The van der Waals surface area contributed by atoms with E-state index in [0.717, 1.165) is 17.2 Å². The van der Waals surface area contributed by atoms with Gasteiger partial charge < -0.3 is 28.8 Å². The van der Waals surface area contributed by atoms with Crippen molar-refractivity contribution in [3.8, 4) is 11.6 Å². The first-order valence-corrected chi connectivity index (χ1v) is 21.5. The van der Waals surface area contributed by atoms with E-state index >= 15 is 9.59 Å². The summed E-state index contributed by atoms with van der Waals surface area (Å²) < 4.78 is 69.2. The lowest BCUT2D eigenvalue weighted by atomic mass is 9.57. The van der Waals surface area contributed by atoms with Gasteiger partial charge in [-0.1, -0.05) is 87.5 Å². The van der Waals surface area contributed by atoms with Crippen molar-refractivity contribution < 1.29 is 46.3 Å². The minimum Gasteiger partial charge on any atom is -0.507 e. The van der Waals surface area contributed by atoms with Crippen LogP contribution in [0.25, 0.3) is 5.76 Å². The third kappa shape index (κ3) is 6.69. The third-order valence-corrected chi connectivity index (χ3v) is 16.1. The van der Waals surface area contributed by atoms with Gasteiger partial charge in [-0.25, -0.2) is 0 Å². The number of alkyl halides is 3. The molecule has 0 aliphatic heterocycles. The number of aliphatic hydroxyl groups excluding tert-OH is 1. The number of rotatable bonds is 11. The van der Waals surface area contributed by atoms with Crippen molar-refractivity contribution in [1.29, 1.82) is 0 Å². The fourth-order valence-corrected chi connectivity index (χ4v) is 9.39. The number of hydrogen-bond donors (Lipinski definition) is 2. The molecular formula is C43H45F3N2O7Si. The lowest BCUT2D eigenvalue weighted by Crippen LogP contribution is -2.68. The van der Waals surface area contributed by atoms with E-state index in [9.17, 15) is 18.3 Å². The van der Waals surface area contributed by atoms with E-state index in [1.165, 1.54) is 6.07 Å². The van der Waals surface area contributed by atoms with Crippen LogP contribution >= 0.6 is 0 Å². The molecule has 0 saturated heterocycles. The zero-order valence-corrected chi connectivity index (χ0v) is 33.0. The van der Waals surface area contributed by atoms with E-state index in [1.54, 1.807) is 30.3 Å². The summed E-state index contributed by atoms with van der Waals surface area (Å²) in [6.07, 6.45) is -3.41. The molecule has 2 N–H and O–H groups in total. The van der Waals surface area contributed by atoms with Crippen LogP contribution in [0.1, 0.15) is 77.2 Å². The molecule has 1 unspecified atom stereocenters. The maximum atomic E-state index is 15.6. The molecule has 9 nitrogen and oxygen atoms in total. The Labute approximate surface area is 324 Å². The number of carbonyl (C=O) groups is 2. The fourth-order valence-electron chi connectivity index (χ4n) is 7.94. The van der Waals surface area contributed by atoms with Gasteiger partial charge in [0.05, 0.1) is 17.2 Å². The van der Waals surface area contributed by atoms with Gasteiger partial charge in [0, 0.05) is 18.0 Å². The molecule has 3 aromatic carbocycles. The van der Waals surface area contributed by atoms with Crippen molar-refractivity contribution >= 4 is 25.6 Å². The molecule has 0 bridgehead atoms. The molecule has 1 heterocycles. The SMILES string of the molecule is C=CCN[C@@H]1c2onc(OCc3ccccc3)c2C(=O)C2(O[Si](C)(C)C(C)(C)C)C(=O)C3=C(O)c4c(OCc5ccccc5)ccc(C(F)(F)F)c4C[C@H]3C[C@@H]12. The van der Waals surface area contributed by atoms with Gasteiger partial charge in [-0.2, -0.15) is 13.2 Å². The summed E-state index contributed by atoms with van der Waals surface area (Å²) in [7, 11) is -3.05. The van der Waals surface area contributed by atoms with E-state index < -0.39 is 65.9 Å². The number of aromatic nitrogens is 1. The van der Waals surface area contributed by atoms with E-state index in [-0.39, 0.29) is 72.3 Å². The molecule has 0 spiro atoms. The van der Waals surface area contributed by atoms with E-state index in [1.807, 2.05) is 70.3 Å². The van der Waals surface area contributed by atoms with E-state index in [2.05, 4.69) is 17.1 Å². The number of halogens is 3. The second-order valence-corrected chi connectivity index (χ2v) is 20.9. The summed E-state index contributed by atoms with van der Waals surface area (Å²) in [6, 6.07) is 19.6. The quantitative estimate of drug-likeness (QED) is 0.0871. The highest BCUT2D eigenvalue weighted by atomic mass is 28.4. The van der Waals surface area contributed by atoms with Gasteiger partial charge in [-0.15, -0.1) is 6.58 Å². The van der Waals surface area contributed by atoms with Crippen LogP contribution in [0.4, 0.5) is 13.2 Å². The Balaban J connectivity index is 1.42. The molecule has 13 heteroatoms. The summed E-state index contributed by atoms with van der Waals surface area (Å²) in [5.74, 6) is -4.11. The second kappa shape index (κ2) is 14.5. The summed E-state index contributed by atoms with van der Waals surface area (Å²) >= 11 is 0. The zero-order valence-electron chi connectivity index (χ0n) is 32.0. The monoisotopic (exact) mass is 786 g/mol. The highest BCUT2D eigenvalue weighted by Crippen LogP contribution is 2.59. The minimum atomic E-state index is -4.77. The van der Waals surface area contributed by atoms with Crippen molar-refractivity contribution in [3.05, 3.63) is 130 Å². The molecule has 0 radical (unpaired) electrons. The van der Waals surface area contributed by atoms with Gasteiger partial charge in [0.1, 0.15) is 30.3 Å². The maximum Gasteiger partial charge on any atom is 0.416 e. The molecule has 4 aromatic rings. The lowest BCUT2D eigenvalue weighted by molar-refractivity contribution is -0.139. The number of benzene rings is 3. The number of fused-ring (bicyclic) bond motifs is 4. The van der Waals surface area contributed by atoms with Crippen LogP contribution in [0, 0.1) is 11.8 Å². The van der Waals surface area contributed by atoms with Crippen molar-refractivity contribution in [2.75, 3.05) is 6.54 Å². The van der Waals surface area contributed by atoms with Gasteiger partial charge in [0.25, 0.3) is 5.88 Å². The third-order valence-electron chi connectivity index (χ3n) is 11.7. The molecule has 56 heavy (non-hydrogen) atoms. The Kier molecular flexibility index (Phi) is 10.2. The van der Waals surface area contributed by atoms with Crippen molar-refractivity contribution in [2.45, 2.75) is 82.8 Å². The smallest absolute Gasteiger partial charge is 0.416 e. The summed E-state index contributed by atoms with van der Waals surface area (Å²) in [6.45, 7) is 13.9. The van der Waals surface area contributed by atoms with Gasteiger partial charge in [-0.3, -0.25) is 9.59 Å². The number of nitrogens with one attached hydrogen (secondary N) is 1. The van der Waals surface area contributed by atoms with Crippen LogP contribution in [0.3, 0.4) is 0 Å². The number of Topliss-reactive ketones (excluding diaryl/α,β-unsaturated/α-hetero) is 2. The predicted molar refractivity (Wildman–Crippen MR) is 206 cm³/mol. The molecule has 1 aromatic heterocycles. The molecule has 3 aliphatic rings. The molecule has 1 saturated carbocycles. The first-order valence-electron chi connectivity index (χ1n) is 18.6. The Morgan fingerprint density at radius 2 is 1.57 bits per heavy atom. The van der Waals surface area contributed by atoms with Crippen LogP contribution in [0.15, 0.2) is 95.5 Å². The average molecular weight is 787 g/mol. The lowest BCUT2D eigenvalue weighted by Gasteiger charge is -2.54. The van der Waals surface area contributed by atoms with Gasteiger partial charge in [0.15, 0.2) is 19.7 Å². The summed E-state index contributed by atoms with van der Waals surface area (Å²) in [4.78, 5) is 31.0. The van der Waals surface area contributed by atoms with Crippen molar-refractivity contribution in [3.63, 3.8) is 0 Å². The molecule has 1 fully saturated rings. The Bertz CT molecular complexity index is 2190. The van der Waals surface area contributed by atoms with Gasteiger partial charge >= 0.3 is 6.18 Å². The van der Waals surface area contributed by atoms with Gasteiger partial charge in [-0.05, 0) is 70.9 Å². The van der Waals surface area contributed by atoms with Gasteiger partial charge in [0.2, 0.25) is 11.6 Å².